The zero-order valence-electron chi connectivity index (χ0n) is 10.6. The number of nitrogens with two attached hydrogens (primary N) is 1. The lowest BCUT2D eigenvalue weighted by molar-refractivity contribution is 0.0987. The molecule has 1 aromatic heterocycles. The second-order valence-corrected chi connectivity index (χ2v) is 4.98. The van der Waals surface area contributed by atoms with Crippen molar-refractivity contribution in [3.8, 4) is 0 Å². The molecule has 0 saturated carbocycles. The summed E-state index contributed by atoms with van der Waals surface area (Å²) in [7, 11) is 0. The summed E-state index contributed by atoms with van der Waals surface area (Å²) in [5.41, 5.74) is 6.59. The van der Waals surface area contributed by atoms with Crippen LogP contribution in [0.25, 0.3) is 0 Å². The van der Waals surface area contributed by atoms with Crippen LogP contribution in [-0.4, -0.2) is 17.4 Å². The number of rotatable bonds is 5. The van der Waals surface area contributed by atoms with Crippen molar-refractivity contribution >= 4 is 40.4 Å². The Bertz CT molecular complexity index is 613. The van der Waals surface area contributed by atoms with Gasteiger partial charge in [-0.2, -0.15) is 0 Å². The van der Waals surface area contributed by atoms with Crippen LogP contribution in [0.15, 0.2) is 47.1 Å². The lowest BCUT2D eigenvalue weighted by Crippen LogP contribution is -2.33. The number of carbonyl (C=O) groups excluding carboxylic acids is 1. The lowest BCUT2D eigenvalue weighted by Gasteiger charge is -2.22. The predicted octanol–water partition coefficient (Wildman–Crippen LogP) is 3.26. The van der Waals surface area contributed by atoms with Gasteiger partial charge >= 0.3 is 0 Å². The summed E-state index contributed by atoms with van der Waals surface area (Å²) >= 11 is 10.7. The van der Waals surface area contributed by atoms with Gasteiger partial charge in [0.1, 0.15) is 0 Å². The maximum Gasteiger partial charge on any atom is 0.263 e. The van der Waals surface area contributed by atoms with E-state index in [2.05, 4.69) is 0 Å². The fourth-order valence-electron chi connectivity index (χ4n) is 1.77. The van der Waals surface area contributed by atoms with Crippen molar-refractivity contribution < 1.29 is 9.21 Å². The predicted molar refractivity (Wildman–Crippen MR) is 83.2 cm³/mol. The zero-order valence-corrected chi connectivity index (χ0v) is 12.2. The topological polar surface area (TPSA) is 59.5 Å². The molecular formula is C14H13ClN2O2S. The highest BCUT2D eigenvalue weighted by Gasteiger charge is 2.21. The minimum Gasteiger partial charge on any atom is -0.452 e. The summed E-state index contributed by atoms with van der Waals surface area (Å²) in [5, 5.41) is 0.0752. The molecule has 20 heavy (non-hydrogen) atoms. The molecule has 0 unspecified atom stereocenters. The van der Waals surface area contributed by atoms with E-state index in [0.29, 0.717) is 23.5 Å². The Balaban J connectivity index is 2.29. The van der Waals surface area contributed by atoms with Crippen LogP contribution in [0, 0.1) is 0 Å². The Morgan fingerprint density at radius 3 is 2.55 bits per heavy atom. The molecule has 0 aliphatic carbocycles. The molecule has 0 saturated heterocycles. The molecule has 0 aliphatic rings. The van der Waals surface area contributed by atoms with E-state index >= 15 is 0 Å². The van der Waals surface area contributed by atoms with E-state index < -0.39 is 0 Å². The van der Waals surface area contributed by atoms with E-state index in [0.717, 1.165) is 5.69 Å². The summed E-state index contributed by atoms with van der Waals surface area (Å²) in [6.07, 6.45) is 1.82. The molecule has 6 heteroatoms. The SMILES string of the molecule is NC(=S)CCN(C(=O)c1ccoc1Cl)c1ccccc1. The van der Waals surface area contributed by atoms with Crippen LogP contribution in [0.3, 0.4) is 0 Å². The number of para-hydroxylation sites is 1. The molecule has 0 spiro atoms. The van der Waals surface area contributed by atoms with Crippen LogP contribution in [0.2, 0.25) is 5.22 Å². The van der Waals surface area contributed by atoms with Crippen LogP contribution >= 0.6 is 23.8 Å². The molecule has 0 atom stereocenters. The fraction of sp³-hybridized carbons (Fsp3) is 0.143. The fourth-order valence-corrected chi connectivity index (χ4v) is 2.06. The van der Waals surface area contributed by atoms with E-state index in [9.17, 15) is 4.79 Å². The first kappa shape index (κ1) is 14.6. The van der Waals surface area contributed by atoms with E-state index in [-0.39, 0.29) is 11.1 Å². The van der Waals surface area contributed by atoms with Gasteiger partial charge in [0.2, 0.25) is 5.22 Å². The van der Waals surface area contributed by atoms with E-state index in [4.69, 9.17) is 34.0 Å². The molecule has 104 valence electrons. The summed E-state index contributed by atoms with van der Waals surface area (Å²) in [6, 6.07) is 10.8. The molecule has 2 aromatic rings. The second kappa shape index (κ2) is 6.54. The molecule has 1 aromatic carbocycles. The van der Waals surface area contributed by atoms with Gasteiger partial charge in [0.25, 0.3) is 5.91 Å². The van der Waals surface area contributed by atoms with Gasteiger partial charge in [-0.15, -0.1) is 0 Å². The van der Waals surface area contributed by atoms with Gasteiger partial charge < -0.3 is 15.1 Å². The number of nitrogens with zero attached hydrogens (tertiary/aromatic N) is 1. The largest absolute Gasteiger partial charge is 0.452 e. The van der Waals surface area contributed by atoms with E-state index in [1.54, 1.807) is 11.0 Å². The Morgan fingerprint density at radius 2 is 2.00 bits per heavy atom. The first-order valence-corrected chi connectivity index (χ1v) is 6.76. The molecule has 2 N–H and O–H groups in total. The number of thiocarbonyl (C=S) groups is 1. The highest BCUT2D eigenvalue weighted by atomic mass is 35.5. The molecule has 2 rings (SSSR count). The summed E-state index contributed by atoms with van der Waals surface area (Å²) in [6.45, 7) is 0.389. The van der Waals surface area contributed by atoms with Crippen molar-refractivity contribution in [1.29, 1.82) is 0 Å². The highest BCUT2D eigenvalue weighted by Crippen LogP contribution is 2.22. The zero-order chi connectivity index (χ0) is 14.5. The normalized spacial score (nSPS) is 10.2. The van der Waals surface area contributed by atoms with Gasteiger partial charge in [0, 0.05) is 18.7 Å². The Hall–Kier alpha value is -1.85. The number of hydrogen-bond donors (Lipinski definition) is 1. The third-order valence-corrected chi connectivity index (χ3v) is 3.24. The average Bonchev–Trinajstić information content (AvgIpc) is 2.86. The highest BCUT2D eigenvalue weighted by molar-refractivity contribution is 7.80. The second-order valence-electron chi connectivity index (χ2n) is 4.12. The van der Waals surface area contributed by atoms with Crippen LogP contribution in [-0.2, 0) is 0 Å². The standard InChI is InChI=1S/C14H13ClN2O2S/c15-13-11(7-9-19-13)14(18)17(8-6-12(16)20)10-4-2-1-3-5-10/h1-5,7,9H,6,8H2,(H2,16,20). The van der Waals surface area contributed by atoms with Crippen LogP contribution in [0.4, 0.5) is 5.69 Å². The van der Waals surface area contributed by atoms with Gasteiger partial charge in [-0.1, -0.05) is 30.4 Å². The van der Waals surface area contributed by atoms with Gasteiger partial charge in [-0.3, -0.25) is 4.79 Å². The Morgan fingerprint density at radius 1 is 1.30 bits per heavy atom. The van der Waals surface area contributed by atoms with Crippen molar-refractivity contribution in [3.63, 3.8) is 0 Å². The lowest BCUT2D eigenvalue weighted by atomic mass is 10.2. The third kappa shape index (κ3) is 3.37. The Kier molecular flexibility index (Phi) is 4.76. The molecular weight excluding hydrogens is 296 g/mol. The van der Waals surface area contributed by atoms with Gasteiger partial charge in [-0.25, -0.2) is 0 Å². The number of benzene rings is 1. The molecule has 0 fully saturated rings. The maximum absolute atomic E-state index is 12.5. The molecule has 4 nitrogen and oxygen atoms in total. The van der Waals surface area contributed by atoms with Crippen molar-refractivity contribution in [1.82, 2.24) is 0 Å². The van der Waals surface area contributed by atoms with Crippen molar-refractivity contribution in [2.45, 2.75) is 6.42 Å². The smallest absolute Gasteiger partial charge is 0.263 e. The van der Waals surface area contributed by atoms with Gasteiger partial charge in [0.15, 0.2) is 0 Å². The van der Waals surface area contributed by atoms with Gasteiger partial charge in [-0.05, 0) is 29.8 Å². The summed E-state index contributed by atoms with van der Waals surface area (Å²) in [4.78, 5) is 14.5. The third-order valence-electron chi connectivity index (χ3n) is 2.74. The van der Waals surface area contributed by atoms with Crippen molar-refractivity contribution in [2.75, 3.05) is 11.4 Å². The average molecular weight is 309 g/mol. The maximum atomic E-state index is 12.5. The summed E-state index contributed by atoms with van der Waals surface area (Å²) in [5.74, 6) is -0.244. The van der Waals surface area contributed by atoms with Gasteiger partial charge in [0.05, 0.1) is 16.8 Å². The molecule has 1 heterocycles. The quantitative estimate of drug-likeness (QED) is 0.861. The van der Waals surface area contributed by atoms with E-state index in [1.165, 1.54) is 6.26 Å². The van der Waals surface area contributed by atoms with Crippen molar-refractivity contribution in [3.05, 3.63) is 53.4 Å². The van der Waals surface area contributed by atoms with Crippen LogP contribution in [0.1, 0.15) is 16.8 Å². The van der Waals surface area contributed by atoms with E-state index in [1.807, 2.05) is 30.3 Å². The minimum absolute atomic E-state index is 0.0752. The summed E-state index contributed by atoms with van der Waals surface area (Å²) < 4.78 is 4.96. The monoisotopic (exact) mass is 308 g/mol. The Labute approximate surface area is 127 Å². The molecule has 1 amide bonds. The number of anilines is 1. The first-order chi connectivity index (χ1) is 9.59. The number of carbonyl (C=O) groups is 1. The molecule has 0 radical (unpaired) electrons. The number of amides is 1. The number of halogens is 1. The van der Waals surface area contributed by atoms with Crippen LogP contribution in [0.5, 0.6) is 0 Å². The number of furan rings is 1. The first-order valence-electron chi connectivity index (χ1n) is 5.98. The molecule has 0 bridgehead atoms. The minimum atomic E-state index is -0.244. The molecule has 0 aliphatic heterocycles. The van der Waals surface area contributed by atoms with Crippen molar-refractivity contribution in [2.24, 2.45) is 5.73 Å². The number of hydrogen-bond acceptors (Lipinski definition) is 3. The van der Waals surface area contributed by atoms with Crippen LogP contribution < -0.4 is 10.6 Å².